The molecule has 1 aromatic heterocycles. The quantitative estimate of drug-likeness (QED) is 0.893. The van der Waals surface area contributed by atoms with E-state index in [1.807, 2.05) is 25.7 Å². The maximum Gasteiger partial charge on any atom is 0.131 e. The third-order valence-corrected chi connectivity index (χ3v) is 4.73. The number of hydrogen-bond acceptors (Lipinski definition) is 3. The van der Waals surface area contributed by atoms with E-state index in [9.17, 15) is 0 Å². The van der Waals surface area contributed by atoms with Gasteiger partial charge in [0.25, 0.3) is 0 Å². The minimum absolute atomic E-state index is 0.248. The number of benzene rings is 1. The molecular weight excluding hydrogens is 330 g/mol. The Labute approximate surface area is 134 Å². The molecular formula is C16H22BrN3O. The van der Waals surface area contributed by atoms with Crippen LogP contribution in [0.1, 0.15) is 35.5 Å². The van der Waals surface area contributed by atoms with Crippen LogP contribution in [-0.4, -0.2) is 16.8 Å². The highest BCUT2D eigenvalue weighted by molar-refractivity contribution is 9.10. The van der Waals surface area contributed by atoms with Gasteiger partial charge >= 0.3 is 0 Å². The summed E-state index contributed by atoms with van der Waals surface area (Å²) in [5, 5.41) is 7.65. The van der Waals surface area contributed by atoms with Crippen LogP contribution >= 0.6 is 15.9 Å². The SMILES string of the molecule is CNC(C)c1ccc(C)cc1OCc1c(Br)c(C)nn1C. The average molecular weight is 352 g/mol. The second kappa shape index (κ2) is 6.62. The van der Waals surface area contributed by atoms with Crippen LogP contribution in [-0.2, 0) is 13.7 Å². The number of hydrogen-bond donors (Lipinski definition) is 1. The van der Waals surface area contributed by atoms with E-state index in [0.717, 1.165) is 27.2 Å². The highest BCUT2D eigenvalue weighted by atomic mass is 79.9. The molecule has 2 aromatic rings. The van der Waals surface area contributed by atoms with Crippen LogP contribution in [0.5, 0.6) is 5.75 Å². The third kappa shape index (κ3) is 3.47. The first-order valence-electron chi connectivity index (χ1n) is 7.02. The Morgan fingerprint density at radius 2 is 2.10 bits per heavy atom. The molecule has 0 fully saturated rings. The molecule has 5 heteroatoms. The Kier molecular flexibility index (Phi) is 5.06. The lowest BCUT2D eigenvalue weighted by Gasteiger charge is -2.17. The Bertz CT molecular complexity index is 637. The molecule has 0 amide bonds. The van der Waals surface area contributed by atoms with Gasteiger partial charge in [0.1, 0.15) is 12.4 Å². The second-order valence-electron chi connectivity index (χ2n) is 5.31. The van der Waals surface area contributed by atoms with E-state index < -0.39 is 0 Å². The average Bonchev–Trinajstić information content (AvgIpc) is 2.69. The van der Waals surface area contributed by atoms with Crippen LogP contribution in [0.15, 0.2) is 22.7 Å². The van der Waals surface area contributed by atoms with Gasteiger partial charge in [-0.3, -0.25) is 4.68 Å². The van der Waals surface area contributed by atoms with Crippen molar-refractivity contribution in [3.8, 4) is 5.75 Å². The van der Waals surface area contributed by atoms with E-state index in [0.29, 0.717) is 6.61 Å². The monoisotopic (exact) mass is 351 g/mol. The predicted octanol–water partition coefficient (Wildman–Crippen LogP) is 3.66. The van der Waals surface area contributed by atoms with Gasteiger partial charge in [0.2, 0.25) is 0 Å². The van der Waals surface area contributed by atoms with Crippen molar-refractivity contribution in [1.82, 2.24) is 15.1 Å². The summed E-state index contributed by atoms with van der Waals surface area (Å²) in [6.07, 6.45) is 0. The summed E-state index contributed by atoms with van der Waals surface area (Å²) in [4.78, 5) is 0. The number of aromatic nitrogens is 2. The maximum absolute atomic E-state index is 6.07. The summed E-state index contributed by atoms with van der Waals surface area (Å²) < 4.78 is 8.94. The van der Waals surface area contributed by atoms with Gasteiger partial charge in [0.15, 0.2) is 0 Å². The summed E-state index contributed by atoms with van der Waals surface area (Å²) in [5.41, 5.74) is 4.37. The standard InChI is InChI=1S/C16H22BrN3O/c1-10-6-7-13(11(2)18-4)15(8-10)21-9-14-16(17)12(3)19-20(14)5/h6-8,11,18H,9H2,1-5H3. The molecule has 0 spiro atoms. The molecule has 2 rings (SSSR count). The summed E-state index contributed by atoms with van der Waals surface area (Å²) in [6.45, 7) is 6.67. The molecule has 4 nitrogen and oxygen atoms in total. The zero-order valence-corrected chi connectivity index (χ0v) is 14.8. The van der Waals surface area contributed by atoms with Crippen molar-refractivity contribution < 1.29 is 4.74 Å². The molecule has 0 radical (unpaired) electrons. The molecule has 1 aromatic carbocycles. The molecule has 1 atom stereocenters. The van der Waals surface area contributed by atoms with Crippen LogP contribution in [0, 0.1) is 13.8 Å². The van der Waals surface area contributed by atoms with Gasteiger partial charge in [0, 0.05) is 18.7 Å². The lowest BCUT2D eigenvalue weighted by atomic mass is 10.1. The maximum atomic E-state index is 6.07. The topological polar surface area (TPSA) is 39.1 Å². The van der Waals surface area contributed by atoms with Gasteiger partial charge in [-0.15, -0.1) is 0 Å². The first-order chi connectivity index (χ1) is 9.93. The smallest absolute Gasteiger partial charge is 0.131 e. The number of ether oxygens (including phenoxy) is 1. The molecule has 114 valence electrons. The summed E-state index contributed by atoms with van der Waals surface area (Å²) >= 11 is 3.57. The molecule has 0 aliphatic rings. The third-order valence-electron chi connectivity index (χ3n) is 3.69. The first kappa shape index (κ1) is 16.0. The van der Waals surface area contributed by atoms with E-state index in [-0.39, 0.29) is 6.04 Å². The summed E-state index contributed by atoms with van der Waals surface area (Å²) in [6, 6.07) is 6.56. The highest BCUT2D eigenvalue weighted by Gasteiger charge is 2.14. The summed E-state index contributed by atoms with van der Waals surface area (Å²) in [7, 11) is 3.89. The number of nitrogens with zero attached hydrogens (tertiary/aromatic N) is 2. The fraction of sp³-hybridized carbons (Fsp3) is 0.438. The van der Waals surface area contributed by atoms with Gasteiger partial charge in [-0.05, 0) is 55.4 Å². The highest BCUT2D eigenvalue weighted by Crippen LogP contribution is 2.28. The largest absolute Gasteiger partial charge is 0.487 e. The van der Waals surface area contributed by atoms with Gasteiger partial charge in [-0.2, -0.15) is 5.10 Å². The van der Waals surface area contributed by atoms with E-state index in [2.05, 4.69) is 58.4 Å². The van der Waals surface area contributed by atoms with Gasteiger partial charge in [0.05, 0.1) is 15.9 Å². The predicted molar refractivity (Wildman–Crippen MR) is 88.6 cm³/mol. The molecule has 1 N–H and O–H groups in total. The fourth-order valence-electron chi connectivity index (χ4n) is 2.26. The first-order valence-corrected chi connectivity index (χ1v) is 7.82. The van der Waals surface area contributed by atoms with E-state index in [1.54, 1.807) is 0 Å². The molecule has 0 bridgehead atoms. The van der Waals surface area contributed by atoms with Crippen molar-refractivity contribution in [2.75, 3.05) is 7.05 Å². The van der Waals surface area contributed by atoms with Crippen LogP contribution < -0.4 is 10.1 Å². The van der Waals surface area contributed by atoms with E-state index in [1.165, 1.54) is 5.56 Å². The molecule has 0 saturated carbocycles. The van der Waals surface area contributed by atoms with Gasteiger partial charge < -0.3 is 10.1 Å². The molecule has 0 saturated heterocycles. The Morgan fingerprint density at radius 3 is 2.67 bits per heavy atom. The minimum Gasteiger partial charge on any atom is -0.487 e. The Morgan fingerprint density at radius 1 is 1.38 bits per heavy atom. The second-order valence-corrected chi connectivity index (χ2v) is 6.10. The minimum atomic E-state index is 0.248. The van der Waals surface area contributed by atoms with Crippen LogP contribution in [0.3, 0.4) is 0 Å². The number of nitrogens with one attached hydrogen (secondary N) is 1. The van der Waals surface area contributed by atoms with Crippen molar-refractivity contribution in [3.05, 3.63) is 45.2 Å². The van der Waals surface area contributed by atoms with Gasteiger partial charge in [-0.1, -0.05) is 12.1 Å². The van der Waals surface area contributed by atoms with Gasteiger partial charge in [-0.25, -0.2) is 0 Å². The van der Waals surface area contributed by atoms with E-state index >= 15 is 0 Å². The number of aryl methyl sites for hydroxylation is 3. The molecule has 0 aliphatic carbocycles. The lowest BCUT2D eigenvalue weighted by molar-refractivity contribution is 0.288. The zero-order valence-electron chi connectivity index (χ0n) is 13.2. The van der Waals surface area contributed by atoms with Crippen molar-refractivity contribution in [1.29, 1.82) is 0 Å². The molecule has 1 heterocycles. The zero-order chi connectivity index (χ0) is 15.6. The fourth-order valence-corrected chi connectivity index (χ4v) is 2.71. The lowest BCUT2D eigenvalue weighted by Crippen LogP contribution is -2.14. The van der Waals surface area contributed by atoms with Crippen molar-refractivity contribution in [2.45, 2.75) is 33.4 Å². The van der Waals surface area contributed by atoms with Crippen molar-refractivity contribution in [3.63, 3.8) is 0 Å². The Hall–Kier alpha value is -1.33. The molecule has 0 aliphatic heterocycles. The van der Waals surface area contributed by atoms with E-state index in [4.69, 9.17) is 4.74 Å². The Balaban J connectivity index is 2.25. The molecule has 1 unspecified atom stereocenters. The van der Waals surface area contributed by atoms with Crippen LogP contribution in [0.4, 0.5) is 0 Å². The van der Waals surface area contributed by atoms with Crippen LogP contribution in [0.25, 0.3) is 0 Å². The number of halogens is 1. The van der Waals surface area contributed by atoms with Crippen LogP contribution in [0.2, 0.25) is 0 Å². The molecule has 21 heavy (non-hydrogen) atoms. The normalized spacial score (nSPS) is 12.5. The van der Waals surface area contributed by atoms with Crippen molar-refractivity contribution in [2.24, 2.45) is 7.05 Å². The summed E-state index contributed by atoms with van der Waals surface area (Å²) in [5.74, 6) is 0.919. The number of rotatable bonds is 5. The van der Waals surface area contributed by atoms with Crippen molar-refractivity contribution >= 4 is 15.9 Å².